The number of rotatable bonds is 4. The lowest BCUT2D eigenvalue weighted by Crippen LogP contribution is -2.39. The third-order valence-corrected chi connectivity index (χ3v) is 3.65. The van der Waals surface area contributed by atoms with Gasteiger partial charge in [0.05, 0.1) is 0 Å². The van der Waals surface area contributed by atoms with Crippen LogP contribution in [0.3, 0.4) is 0 Å². The number of nitrogen functional groups attached to an aromatic ring is 1. The smallest absolute Gasteiger partial charge is 0.258 e. The van der Waals surface area contributed by atoms with Gasteiger partial charge in [-0.25, -0.2) is 4.39 Å². The Morgan fingerprint density at radius 1 is 1.40 bits per heavy atom. The van der Waals surface area contributed by atoms with Crippen LogP contribution < -0.4 is 15.8 Å². The summed E-state index contributed by atoms with van der Waals surface area (Å²) in [7, 11) is 0. The highest BCUT2D eigenvalue weighted by Gasteiger charge is 2.16. The van der Waals surface area contributed by atoms with Crippen LogP contribution in [-0.2, 0) is 4.79 Å². The molecule has 110 valence electrons. The van der Waals surface area contributed by atoms with Crippen molar-refractivity contribution in [3.63, 3.8) is 0 Å². The maximum absolute atomic E-state index is 13.6. The number of amides is 1. The van der Waals surface area contributed by atoms with Crippen molar-refractivity contribution in [1.29, 1.82) is 0 Å². The highest BCUT2D eigenvalue weighted by molar-refractivity contribution is 5.77. The largest absolute Gasteiger partial charge is 0.481 e. The van der Waals surface area contributed by atoms with Gasteiger partial charge in [0.1, 0.15) is 0 Å². The maximum Gasteiger partial charge on any atom is 0.258 e. The third kappa shape index (κ3) is 3.85. The van der Waals surface area contributed by atoms with Gasteiger partial charge in [-0.2, -0.15) is 0 Å². The fourth-order valence-corrected chi connectivity index (χ4v) is 2.44. The number of benzene rings is 1. The molecule has 1 amide bonds. The van der Waals surface area contributed by atoms with Gasteiger partial charge in [0.2, 0.25) is 0 Å². The predicted octanol–water partition coefficient (Wildman–Crippen LogP) is 2.54. The zero-order chi connectivity index (χ0) is 14.5. The molecule has 0 radical (unpaired) electrons. The molecule has 1 saturated carbocycles. The van der Waals surface area contributed by atoms with Gasteiger partial charge in [-0.1, -0.05) is 19.3 Å². The Labute approximate surface area is 118 Å². The molecule has 20 heavy (non-hydrogen) atoms. The molecule has 5 heteroatoms. The number of hydrogen-bond donors (Lipinski definition) is 2. The Morgan fingerprint density at radius 2 is 2.10 bits per heavy atom. The van der Waals surface area contributed by atoms with E-state index in [0.29, 0.717) is 5.69 Å². The van der Waals surface area contributed by atoms with E-state index in [2.05, 4.69) is 5.32 Å². The number of carbonyl (C=O) groups excluding carboxylic acids is 1. The zero-order valence-corrected chi connectivity index (χ0v) is 11.7. The molecule has 1 aromatic carbocycles. The lowest BCUT2D eigenvalue weighted by atomic mass is 9.95. The van der Waals surface area contributed by atoms with Crippen LogP contribution in [0.15, 0.2) is 12.1 Å². The van der Waals surface area contributed by atoms with E-state index in [9.17, 15) is 9.18 Å². The van der Waals surface area contributed by atoms with Crippen molar-refractivity contribution in [2.45, 2.75) is 45.1 Å². The van der Waals surface area contributed by atoms with Crippen LogP contribution >= 0.6 is 0 Å². The standard InChI is InChI=1S/C15H21FN2O2/c1-10-7-14(12(16)8-13(10)17)20-9-15(19)18-11-5-3-2-4-6-11/h7-8,11H,2-6,9,17H2,1H3,(H,18,19). The van der Waals surface area contributed by atoms with Gasteiger partial charge in [-0.3, -0.25) is 4.79 Å². The van der Waals surface area contributed by atoms with Crippen LogP contribution in [-0.4, -0.2) is 18.6 Å². The summed E-state index contributed by atoms with van der Waals surface area (Å²) in [5.41, 5.74) is 6.70. The Kier molecular flexibility index (Phi) is 4.82. The fraction of sp³-hybridized carbons (Fsp3) is 0.533. The number of nitrogens with one attached hydrogen (secondary N) is 1. The van der Waals surface area contributed by atoms with Crippen LogP contribution in [0.1, 0.15) is 37.7 Å². The first kappa shape index (κ1) is 14.6. The van der Waals surface area contributed by atoms with Crippen molar-refractivity contribution in [2.75, 3.05) is 12.3 Å². The van der Waals surface area contributed by atoms with E-state index in [1.54, 1.807) is 6.92 Å². The van der Waals surface area contributed by atoms with E-state index in [4.69, 9.17) is 10.5 Å². The molecule has 3 N–H and O–H groups in total. The van der Waals surface area contributed by atoms with Crippen molar-refractivity contribution in [3.8, 4) is 5.75 Å². The minimum atomic E-state index is -0.543. The molecular formula is C15H21FN2O2. The molecule has 0 atom stereocenters. The average Bonchev–Trinajstić information content (AvgIpc) is 2.42. The highest BCUT2D eigenvalue weighted by Crippen LogP contribution is 2.23. The van der Waals surface area contributed by atoms with E-state index in [0.717, 1.165) is 31.2 Å². The summed E-state index contributed by atoms with van der Waals surface area (Å²) in [5, 5.41) is 2.92. The second kappa shape index (κ2) is 6.59. The van der Waals surface area contributed by atoms with Crippen LogP contribution in [0.2, 0.25) is 0 Å². The molecule has 2 rings (SSSR count). The van der Waals surface area contributed by atoms with Gasteiger partial charge >= 0.3 is 0 Å². The summed E-state index contributed by atoms with van der Waals surface area (Å²) in [6.07, 6.45) is 5.57. The number of hydrogen-bond acceptors (Lipinski definition) is 3. The van der Waals surface area contributed by atoms with Gasteiger partial charge in [0, 0.05) is 17.8 Å². The molecule has 4 nitrogen and oxygen atoms in total. The van der Waals surface area contributed by atoms with Crippen molar-refractivity contribution in [1.82, 2.24) is 5.32 Å². The number of ether oxygens (including phenoxy) is 1. The summed E-state index contributed by atoms with van der Waals surface area (Å²) >= 11 is 0. The van der Waals surface area contributed by atoms with Crippen LogP contribution in [0, 0.1) is 12.7 Å². The maximum atomic E-state index is 13.6. The Balaban J connectivity index is 1.85. The number of carbonyl (C=O) groups is 1. The first-order valence-corrected chi connectivity index (χ1v) is 7.04. The van der Waals surface area contributed by atoms with E-state index in [-0.39, 0.29) is 24.3 Å². The SMILES string of the molecule is Cc1cc(OCC(=O)NC2CCCCC2)c(F)cc1N. The van der Waals surface area contributed by atoms with Crippen LogP contribution in [0.5, 0.6) is 5.75 Å². The molecule has 0 spiro atoms. The summed E-state index contributed by atoms with van der Waals surface area (Å²) in [4.78, 5) is 11.8. The molecule has 1 aliphatic carbocycles. The quantitative estimate of drug-likeness (QED) is 0.833. The van der Waals surface area contributed by atoms with E-state index in [1.807, 2.05) is 0 Å². The van der Waals surface area contributed by atoms with Gasteiger partial charge < -0.3 is 15.8 Å². The first-order chi connectivity index (χ1) is 9.56. The monoisotopic (exact) mass is 280 g/mol. The fourth-order valence-electron chi connectivity index (χ4n) is 2.44. The van der Waals surface area contributed by atoms with E-state index < -0.39 is 5.82 Å². The lowest BCUT2D eigenvalue weighted by molar-refractivity contribution is -0.124. The molecule has 1 aromatic rings. The summed E-state index contributed by atoms with van der Waals surface area (Å²) < 4.78 is 18.8. The second-order valence-corrected chi connectivity index (χ2v) is 5.33. The van der Waals surface area contributed by atoms with Crippen molar-refractivity contribution >= 4 is 11.6 Å². The molecule has 0 saturated heterocycles. The van der Waals surface area contributed by atoms with Crippen LogP contribution in [0.4, 0.5) is 10.1 Å². The molecule has 0 aliphatic heterocycles. The van der Waals surface area contributed by atoms with Crippen LogP contribution in [0.25, 0.3) is 0 Å². The predicted molar refractivity (Wildman–Crippen MR) is 76.1 cm³/mol. The van der Waals surface area contributed by atoms with Gasteiger partial charge in [-0.15, -0.1) is 0 Å². The number of halogens is 1. The Bertz CT molecular complexity index is 485. The van der Waals surface area contributed by atoms with Crippen molar-refractivity contribution in [2.24, 2.45) is 0 Å². The summed E-state index contributed by atoms with van der Waals surface area (Å²) in [5.74, 6) is -0.681. The van der Waals surface area contributed by atoms with Crippen molar-refractivity contribution < 1.29 is 13.9 Å². The normalized spacial score (nSPS) is 15.9. The molecule has 1 aliphatic rings. The minimum absolute atomic E-state index is 0.0653. The molecule has 0 unspecified atom stereocenters. The third-order valence-electron chi connectivity index (χ3n) is 3.65. The highest BCUT2D eigenvalue weighted by atomic mass is 19.1. The minimum Gasteiger partial charge on any atom is -0.481 e. The van der Waals surface area contributed by atoms with E-state index in [1.165, 1.54) is 18.6 Å². The molecule has 0 aromatic heterocycles. The van der Waals surface area contributed by atoms with Gasteiger partial charge in [-0.05, 0) is 31.4 Å². The Hall–Kier alpha value is -1.78. The second-order valence-electron chi connectivity index (χ2n) is 5.33. The summed E-state index contributed by atoms with van der Waals surface area (Å²) in [6, 6.07) is 2.96. The zero-order valence-electron chi connectivity index (χ0n) is 11.7. The molecule has 0 bridgehead atoms. The van der Waals surface area contributed by atoms with Crippen molar-refractivity contribution in [3.05, 3.63) is 23.5 Å². The molecular weight excluding hydrogens is 259 g/mol. The number of aryl methyl sites for hydroxylation is 1. The van der Waals surface area contributed by atoms with Gasteiger partial charge in [0.15, 0.2) is 18.2 Å². The molecule has 1 fully saturated rings. The number of anilines is 1. The molecule has 0 heterocycles. The lowest BCUT2D eigenvalue weighted by Gasteiger charge is -2.22. The number of nitrogens with two attached hydrogens (primary N) is 1. The first-order valence-electron chi connectivity index (χ1n) is 7.04. The average molecular weight is 280 g/mol. The summed E-state index contributed by atoms with van der Waals surface area (Å²) in [6.45, 7) is 1.60. The van der Waals surface area contributed by atoms with Gasteiger partial charge in [0.25, 0.3) is 5.91 Å². The topological polar surface area (TPSA) is 64.3 Å². The van der Waals surface area contributed by atoms with E-state index >= 15 is 0 Å². The Morgan fingerprint density at radius 3 is 2.80 bits per heavy atom.